The summed E-state index contributed by atoms with van der Waals surface area (Å²) in [6, 6.07) is 13.9. The smallest absolute Gasteiger partial charge is 0.0537 e. The second-order valence-corrected chi connectivity index (χ2v) is 16.2. The van der Waals surface area contributed by atoms with Crippen LogP contribution in [0.15, 0.2) is 45.3 Å². The number of aryl methyl sites for hydroxylation is 2. The van der Waals surface area contributed by atoms with E-state index in [1.165, 1.54) is 154 Å². The third-order valence-corrected chi connectivity index (χ3v) is 12.5. The Bertz CT molecular complexity index is 1470. The van der Waals surface area contributed by atoms with Crippen molar-refractivity contribution in [2.75, 3.05) is 0 Å². The van der Waals surface area contributed by atoms with Crippen LogP contribution in [0.4, 0.5) is 0 Å². The van der Waals surface area contributed by atoms with E-state index >= 15 is 0 Å². The van der Waals surface area contributed by atoms with Gasteiger partial charge in [-0.2, -0.15) is 0 Å². The summed E-state index contributed by atoms with van der Waals surface area (Å²) in [5, 5.41) is 6.06. The van der Waals surface area contributed by atoms with Gasteiger partial charge in [0.2, 0.25) is 0 Å². The second kappa shape index (κ2) is 16.4. The van der Waals surface area contributed by atoms with Crippen molar-refractivity contribution in [1.82, 2.24) is 0 Å². The van der Waals surface area contributed by atoms with Gasteiger partial charge in [0.1, 0.15) is 0 Å². The third-order valence-electron chi connectivity index (χ3n) is 9.04. The highest BCUT2D eigenvalue weighted by molar-refractivity contribution is 9.10. The standard InChI is InChI=1S/C38H48Br2S2/c1-3-5-7-9-11-13-15-17-19-29-30(20-18-16-14-12-10-8-6-4-2)36-32-24-22-28(40)26-34(32)42-38(36)37-35(29)31-23-21-27(39)25-33(31)41-37/h21-26H,3-20H2,1-2H3. The van der Waals surface area contributed by atoms with Crippen molar-refractivity contribution in [3.63, 3.8) is 0 Å². The first-order chi connectivity index (χ1) is 20.6. The monoisotopic (exact) mass is 726 g/mol. The minimum absolute atomic E-state index is 1.18. The average molecular weight is 729 g/mol. The van der Waals surface area contributed by atoms with Gasteiger partial charge in [-0.05, 0) is 61.1 Å². The predicted molar refractivity (Wildman–Crippen MR) is 200 cm³/mol. The zero-order valence-electron chi connectivity index (χ0n) is 25.8. The van der Waals surface area contributed by atoms with Gasteiger partial charge in [-0.1, -0.05) is 148 Å². The van der Waals surface area contributed by atoms with Crippen LogP contribution in [0.3, 0.4) is 0 Å². The first-order valence-electron chi connectivity index (χ1n) is 16.8. The molecule has 5 rings (SSSR count). The maximum Gasteiger partial charge on any atom is 0.0537 e. The normalized spacial score (nSPS) is 12.1. The van der Waals surface area contributed by atoms with Crippen molar-refractivity contribution in [2.45, 2.75) is 129 Å². The van der Waals surface area contributed by atoms with Gasteiger partial charge in [0.15, 0.2) is 0 Å². The van der Waals surface area contributed by atoms with Gasteiger partial charge < -0.3 is 0 Å². The lowest BCUT2D eigenvalue weighted by atomic mass is 9.89. The number of benzene rings is 3. The minimum atomic E-state index is 1.18. The summed E-state index contributed by atoms with van der Waals surface area (Å²) in [6.07, 6.45) is 24.4. The molecule has 0 aliphatic carbocycles. The van der Waals surface area contributed by atoms with Gasteiger partial charge in [-0.25, -0.2) is 0 Å². The van der Waals surface area contributed by atoms with E-state index in [2.05, 4.69) is 82.1 Å². The molecular weight excluding hydrogens is 680 g/mol. The largest absolute Gasteiger partial charge is 0.134 e. The van der Waals surface area contributed by atoms with E-state index in [4.69, 9.17) is 0 Å². The molecule has 0 radical (unpaired) electrons. The number of hydrogen-bond acceptors (Lipinski definition) is 2. The van der Waals surface area contributed by atoms with Crippen LogP contribution >= 0.6 is 54.5 Å². The highest BCUT2D eigenvalue weighted by Gasteiger charge is 2.22. The summed E-state index contributed by atoms with van der Waals surface area (Å²) in [4.78, 5) is 0. The van der Waals surface area contributed by atoms with E-state index in [0.717, 1.165) is 0 Å². The Morgan fingerprint density at radius 2 is 0.833 bits per heavy atom. The molecular formula is C38H48Br2S2. The van der Waals surface area contributed by atoms with Crippen LogP contribution < -0.4 is 0 Å². The summed E-state index contributed by atoms with van der Waals surface area (Å²) >= 11 is 11.6. The van der Waals surface area contributed by atoms with Crippen LogP contribution in [-0.2, 0) is 12.8 Å². The first-order valence-corrected chi connectivity index (χ1v) is 20.0. The molecule has 0 aliphatic rings. The average Bonchev–Trinajstić information content (AvgIpc) is 3.54. The molecule has 0 atom stereocenters. The van der Waals surface area contributed by atoms with Crippen molar-refractivity contribution in [3.05, 3.63) is 56.5 Å². The Balaban J connectivity index is 1.51. The number of unbranched alkanes of at least 4 members (excludes halogenated alkanes) is 14. The Kier molecular flexibility index (Phi) is 12.7. The molecule has 0 unspecified atom stereocenters. The van der Waals surface area contributed by atoms with Crippen LogP contribution in [-0.4, -0.2) is 0 Å². The van der Waals surface area contributed by atoms with Crippen LogP contribution in [0, 0.1) is 0 Å². The van der Waals surface area contributed by atoms with E-state index in [9.17, 15) is 0 Å². The fraction of sp³-hybridized carbons (Fsp3) is 0.526. The van der Waals surface area contributed by atoms with E-state index < -0.39 is 0 Å². The van der Waals surface area contributed by atoms with E-state index in [1.54, 1.807) is 21.9 Å². The number of fused-ring (bicyclic) bond motifs is 7. The molecule has 4 heteroatoms. The Hall–Kier alpha value is -0.940. The minimum Gasteiger partial charge on any atom is -0.134 e. The van der Waals surface area contributed by atoms with Gasteiger partial charge in [0.25, 0.3) is 0 Å². The molecule has 0 nitrogen and oxygen atoms in total. The van der Waals surface area contributed by atoms with Crippen LogP contribution in [0.5, 0.6) is 0 Å². The Labute approximate surface area is 278 Å². The van der Waals surface area contributed by atoms with Gasteiger partial charge in [-0.15, -0.1) is 22.7 Å². The van der Waals surface area contributed by atoms with Crippen LogP contribution in [0.25, 0.3) is 40.3 Å². The second-order valence-electron chi connectivity index (χ2n) is 12.3. The van der Waals surface area contributed by atoms with Gasteiger partial charge in [-0.3, -0.25) is 0 Å². The molecule has 0 aliphatic heterocycles. The van der Waals surface area contributed by atoms with E-state index in [0.29, 0.717) is 0 Å². The molecule has 0 saturated carbocycles. The topological polar surface area (TPSA) is 0 Å². The van der Waals surface area contributed by atoms with Crippen LogP contribution in [0.1, 0.15) is 128 Å². The molecule has 5 aromatic rings. The lowest BCUT2D eigenvalue weighted by Gasteiger charge is -2.15. The van der Waals surface area contributed by atoms with E-state index in [1.807, 2.05) is 22.7 Å². The highest BCUT2D eigenvalue weighted by Crippen LogP contribution is 2.49. The van der Waals surface area contributed by atoms with Gasteiger partial charge in [0.05, 0.1) is 9.40 Å². The fourth-order valence-corrected chi connectivity index (χ4v) is 10.5. The lowest BCUT2D eigenvalue weighted by molar-refractivity contribution is 0.571. The maximum atomic E-state index is 3.76. The summed E-state index contributed by atoms with van der Waals surface area (Å²) in [5.41, 5.74) is 3.34. The molecule has 0 bridgehead atoms. The van der Waals surface area contributed by atoms with Gasteiger partial charge >= 0.3 is 0 Å². The van der Waals surface area contributed by atoms with Crippen molar-refractivity contribution >= 4 is 94.9 Å². The van der Waals surface area contributed by atoms with Crippen molar-refractivity contribution in [3.8, 4) is 0 Å². The zero-order chi connectivity index (χ0) is 29.3. The SMILES string of the molecule is CCCCCCCCCCc1c(CCCCCCCCCC)c2c3ccc(Br)cc3sc2c2sc3cc(Br)ccc3c12. The molecule has 0 amide bonds. The fourth-order valence-electron chi connectivity index (χ4n) is 6.78. The molecule has 0 saturated heterocycles. The molecule has 42 heavy (non-hydrogen) atoms. The quantitative estimate of drug-likeness (QED) is 0.0788. The molecule has 226 valence electrons. The summed E-state index contributed by atoms with van der Waals surface area (Å²) in [7, 11) is 0. The Morgan fingerprint density at radius 3 is 1.21 bits per heavy atom. The molecule has 2 aromatic heterocycles. The third kappa shape index (κ3) is 7.82. The van der Waals surface area contributed by atoms with Crippen LogP contribution in [0.2, 0.25) is 0 Å². The Morgan fingerprint density at radius 1 is 0.476 bits per heavy atom. The molecule has 2 heterocycles. The number of halogens is 2. The molecule has 0 fully saturated rings. The lowest BCUT2D eigenvalue weighted by Crippen LogP contribution is -1.98. The predicted octanol–water partition coefficient (Wildman–Crippen LogP) is 15.3. The number of rotatable bonds is 18. The molecule has 0 spiro atoms. The maximum absolute atomic E-state index is 3.76. The zero-order valence-corrected chi connectivity index (χ0v) is 30.6. The van der Waals surface area contributed by atoms with Crippen molar-refractivity contribution in [2.24, 2.45) is 0 Å². The number of hydrogen-bond donors (Lipinski definition) is 0. The molecule has 3 aromatic carbocycles. The summed E-state index contributed by atoms with van der Waals surface area (Å²) in [5.74, 6) is 0. The van der Waals surface area contributed by atoms with E-state index in [-0.39, 0.29) is 0 Å². The van der Waals surface area contributed by atoms with Crippen molar-refractivity contribution in [1.29, 1.82) is 0 Å². The highest BCUT2D eigenvalue weighted by atomic mass is 79.9. The van der Waals surface area contributed by atoms with Crippen molar-refractivity contribution < 1.29 is 0 Å². The van der Waals surface area contributed by atoms with Gasteiger partial charge in [0, 0.05) is 39.9 Å². The first kappa shape index (κ1) is 32.5. The summed E-state index contributed by atoms with van der Waals surface area (Å²) < 4.78 is 8.24. The summed E-state index contributed by atoms with van der Waals surface area (Å²) in [6.45, 7) is 4.62. The number of thiophene rings is 2. The molecule has 0 N–H and O–H groups in total.